The Labute approximate surface area is 121 Å². The van der Waals surface area contributed by atoms with E-state index < -0.39 is 0 Å². The Morgan fingerprint density at radius 2 is 1.85 bits per heavy atom. The van der Waals surface area contributed by atoms with E-state index in [-0.39, 0.29) is 0 Å². The predicted octanol–water partition coefficient (Wildman–Crippen LogP) is 3.89. The lowest BCUT2D eigenvalue weighted by Gasteiger charge is -2.23. The second kappa shape index (κ2) is 5.58. The summed E-state index contributed by atoms with van der Waals surface area (Å²) in [4.78, 5) is 2.36. The number of para-hydroxylation sites is 1. The topological polar surface area (TPSA) is 15.3 Å². The molecule has 1 heterocycles. The monoisotopic (exact) mass is 266 g/mol. The van der Waals surface area contributed by atoms with Crippen LogP contribution in [0.15, 0.2) is 48.5 Å². The second-order valence-corrected chi connectivity index (χ2v) is 5.57. The van der Waals surface area contributed by atoms with Crippen LogP contribution in [0, 0.1) is 0 Å². The van der Waals surface area contributed by atoms with Gasteiger partial charge in [0.25, 0.3) is 0 Å². The molecule has 1 atom stereocenters. The van der Waals surface area contributed by atoms with Gasteiger partial charge in [-0.05, 0) is 35.7 Å². The van der Waals surface area contributed by atoms with Crippen LogP contribution in [0.25, 0.3) is 0 Å². The Morgan fingerprint density at radius 1 is 1.10 bits per heavy atom. The molecule has 1 N–H and O–H groups in total. The summed E-state index contributed by atoms with van der Waals surface area (Å²) in [7, 11) is 2.18. The summed E-state index contributed by atoms with van der Waals surface area (Å²) >= 11 is 0. The normalized spacial score (nSPS) is 16.6. The maximum Gasteiger partial charge on any atom is 0.0377 e. The summed E-state index contributed by atoms with van der Waals surface area (Å²) in [5.41, 5.74) is 5.44. The molecule has 0 radical (unpaired) electrons. The molecule has 3 rings (SSSR count). The summed E-state index contributed by atoms with van der Waals surface area (Å²) in [5.74, 6) is 0.571. The minimum absolute atomic E-state index is 0.571. The molecule has 20 heavy (non-hydrogen) atoms. The van der Waals surface area contributed by atoms with E-state index in [2.05, 4.69) is 72.7 Å². The van der Waals surface area contributed by atoms with Crippen molar-refractivity contribution < 1.29 is 0 Å². The Hall–Kier alpha value is -1.96. The maximum atomic E-state index is 3.50. The Bertz CT molecular complexity index is 574. The summed E-state index contributed by atoms with van der Waals surface area (Å²) in [6.45, 7) is 4.28. The van der Waals surface area contributed by atoms with Crippen LogP contribution >= 0.6 is 0 Å². The van der Waals surface area contributed by atoms with Gasteiger partial charge in [-0.15, -0.1) is 0 Å². The first kappa shape index (κ1) is 13.0. The smallest absolute Gasteiger partial charge is 0.0377 e. The molecular formula is C18H22N2. The van der Waals surface area contributed by atoms with Gasteiger partial charge in [-0.2, -0.15) is 0 Å². The number of anilines is 2. The third-order valence-corrected chi connectivity index (χ3v) is 4.22. The number of aryl methyl sites for hydroxylation is 1. The standard InChI is InChI=1S/C18H22N2/c1-3-14-8-10-16(11-9-14)20(2)13-15-12-19-18-7-5-4-6-17(15)18/h4-11,15,19H,3,12-13H2,1-2H3. The number of nitrogens with one attached hydrogen (secondary N) is 1. The van der Waals surface area contributed by atoms with E-state index in [9.17, 15) is 0 Å². The first-order chi connectivity index (χ1) is 9.78. The first-order valence-electron chi connectivity index (χ1n) is 7.41. The number of hydrogen-bond donors (Lipinski definition) is 1. The fraction of sp³-hybridized carbons (Fsp3) is 0.333. The van der Waals surface area contributed by atoms with Gasteiger partial charge in [-0.1, -0.05) is 37.3 Å². The molecular weight excluding hydrogens is 244 g/mol. The lowest BCUT2D eigenvalue weighted by atomic mass is 10.0. The van der Waals surface area contributed by atoms with Crippen molar-refractivity contribution >= 4 is 11.4 Å². The van der Waals surface area contributed by atoms with Crippen molar-refractivity contribution in [3.63, 3.8) is 0 Å². The largest absolute Gasteiger partial charge is 0.384 e. The molecule has 2 nitrogen and oxygen atoms in total. The SMILES string of the molecule is CCc1ccc(N(C)CC2CNc3ccccc32)cc1. The molecule has 0 bridgehead atoms. The summed E-state index contributed by atoms with van der Waals surface area (Å²) < 4.78 is 0. The van der Waals surface area contributed by atoms with Gasteiger partial charge >= 0.3 is 0 Å². The van der Waals surface area contributed by atoms with Crippen molar-refractivity contribution in [2.24, 2.45) is 0 Å². The van der Waals surface area contributed by atoms with Crippen LogP contribution < -0.4 is 10.2 Å². The highest BCUT2D eigenvalue weighted by molar-refractivity contribution is 5.58. The van der Waals surface area contributed by atoms with Gasteiger partial charge in [-0.3, -0.25) is 0 Å². The van der Waals surface area contributed by atoms with Gasteiger partial charge in [0.2, 0.25) is 0 Å². The molecule has 2 aromatic carbocycles. The van der Waals surface area contributed by atoms with E-state index in [1.165, 1.54) is 22.5 Å². The van der Waals surface area contributed by atoms with Gasteiger partial charge in [-0.25, -0.2) is 0 Å². The number of likely N-dealkylation sites (N-methyl/N-ethyl adjacent to an activating group) is 1. The van der Waals surface area contributed by atoms with E-state index in [0.29, 0.717) is 5.92 Å². The Morgan fingerprint density at radius 3 is 2.60 bits per heavy atom. The highest BCUT2D eigenvalue weighted by atomic mass is 15.1. The second-order valence-electron chi connectivity index (χ2n) is 5.57. The molecule has 0 saturated carbocycles. The molecule has 1 aliphatic heterocycles. The number of hydrogen-bond acceptors (Lipinski definition) is 2. The van der Waals surface area contributed by atoms with Crippen LogP contribution in [0.5, 0.6) is 0 Å². The number of benzene rings is 2. The molecule has 0 fully saturated rings. The fourth-order valence-electron chi connectivity index (χ4n) is 2.94. The minimum Gasteiger partial charge on any atom is -0.384 e. The van der Waals surface area contributed by atoms with Crippen molar-refractivity contribution in [3.8, 4) is 0 Å². The van der Waals surface area contributed by atoms with Crippen molar-refractivity contribution in [1.82, 2.24) is 0 Å². The van der Waals surface area contributed by atoms with Crippen LogP contribution in [0.3, 0.4) is 0 Å². The molecule has 0 aliphatic carbocycles. The van der Waals surface area contributed by atoms with Crippen molar-refractivity contribution in [2.45, 2.75) is 19.3 Å². The summed E-state index contributed by atoms with van der Waals surface area (Å²) in [6.07, 6.45) is 1.10. The molecule has 0 spiro atoms. The Kier molecular flexibility index (Phi) is 3.64. The van der Waals surface area contributed by atoms with Crippen molar-refractivity contribution in [2.75, 3.05) is 30.4 Å². The van der Waals surface area contributed by atoms with Crippen LogP contribution in [0.1, 0.15) is 24.0 Å². The van der Waals surface area contributed by atoms with Crippen LogP contribution in [-0.2, 0) is 6.42 Å². The summed E-state index contributed by atoms with van der Waals surface area (Å²) in [5, 5.41) is 3.50. The average molecular weight is 266 g/mol. The Balaban J connectivity index is 1.71. The third kappa shape index (κ3) is 2.51. The van der Waals surface area contributed by atoms with Crippen LogP contribution in [-0.4, -0.2) is 20.1 Å². The zero-order chi connectivity index (χ0) is 13.9. The predicted molar refractivity (Wildman–Crippen MR) is 86.8 cm³/mol. The zero-order valence-electron chi connectivity index (χ0n) is 12.3. The van der Waals surface area contributed by atoms with Gasteiger partial charge in [0.05, 0.1) is 0 Å². The third-order valence-electron chi connectivity index (χ3n) is 4.22. The molecule has 0 amide bonds. The number of rotatable bonds is 4. The van der Waals surface area contributed by atoms with E-state index in [0.717, 1.165) is 19.5 Å². The molecule has 0 aromatic heterocycles. The zero-order valence-corrected chi connectivity index (χ0v) is 12.3. The quantitative estimate of drug-likeness (QED) is 0.903. The molecule has 2 heteroatoms. The van der Waals surface area contributed by atoms with Gasteiger partial charge < -0.3 is 10.2 Å². The maximum absolute atomic E-state index is 3.50. The van der Waals surface area contributed by atoms with Crippen molar-refractivity contribution in [3.05, 3.63) is 59.7 Å². The lowest BCUT2D eigenvalue weighted by Crippen LogP contribution is -2.25. The van der Waals surface area contributed by atoms with Crippen LogP contribution in [0.4, 0.5) is 11.4 Å². The number of fused-ring (bicyclic) bond motifs is 1. The van der Waals surface area contributed by atoms with E-state index >= 15 is 0 Å². The number of nitrogens with zero attached hydrogens (tertiary/aromatic N) is 1. The average Bonchev–Trinajstić information content (AvgIpc) is 2.91. The van der Waals surface area contributed by atoms with E-state index in [1.807, 2.05) is 0 Å². The van der Waals surface area contributed by atoms with E-state index in [1.54, 1.807) is 0 Å². The molecule has 1 unspecified atom stereocenters. The first-order valence-corrected chi connectivity index (χ1v) is 7.41. The molecule has 104 valence electrons. The van der Waals surface area contributed by atoms with Gasteiger partial charge in [0, 0.05) is 37.4 Å². The minimum atomic E-state index is 0.571. The molecule has 0 saturated heterocycles. The molecule has 2 aromatic rings. The van der Waals surface area contributed by atoms with Gasteiger partial charge in [0.1, 0.15) is 0 Å². The van der Waals surface area contributed by atoms with Crippen LogP contribution in [0.2, 0.25) is 0 Å². The lowest BCUT2D eigenvalue weighted by molar-refractivity contribution is 0.728. The van der Waals surface area contributed by atoms with Crippen molar-refractivity contribution in [1.29, 1.82) is 0 Å². The summed E-state index contributed by atoms with van der Waals surface area (Å²) in [6, 6.07) is 17.6. The van der Waals surface area contributed by atoms with E-state index in [4.69, 9.17) is 0 Å². The highest BCUT2D eigenvalue weighted by Crippen LogP contribution is 2.32. The highest BCUT2D eigenvalue weighted by Gasteiger charge is 2.22. The molecule has 1 aliphatic rings. The fourth-order valence-corrected chi connectivity index (χ4v) is 2.94. The van der Waals surface area contributed by atoms with Gasteiger partial charge in [0.15, 0.2) is 0 Å².